The molecule has 2 heterocycles. The van der Waals surface area contributed by atoms with E-state index in [2.05, 4.69) is 4.98 Å². The molecule has 0 amide bonds. The summed E-state index contributed by atoms with van der Waals surface area (Å²) >= 11 is 1.01. The van der Waals surface area contributed by atoms with E-state index in [0.717, 1.165) is 23.5 Å². The van der Waals surface area contributed by atoms with E-state index >= 15 is 0 Å². The number of sulfonamides is 1. The Morgan fingerprint density at radius 2 is 1.90 bits per heavy atom. The van der Waals surface area contributed by atoms with Crippen molar-refractivity contribution in [3.05, 3.63) is 58.1 Å². The second-order valence-electron chi connectivity index (χ2n) is 6.66. The number of rotatable bonds is 5. The molecule has 1 aliphatic rings. The summed E-state index contributed by atoms with van der Waals surface area (Å²) < 4.78 is 60.1. The minimum atomic E-state index is -4.03. The second-order valence-corrected chi connectivity index (χ2v) is 9.56. The zero-order valence-corrected chi connectivity index (χ0v) is 17.0. The molecule has 3 aromatic rings. The van der Waals surface area contributed by atoms with Gasteiger partial charge in [0.1, 0.15) is 17.4 Å². The minimum Gasteiger partial charge on any atom is -0.467 e. The fourth-order valence-electron chi connectivity index (χ4n) is 3.29. The molecule has 0 atom stereocenters. The van der Waals surface area contributed by atoms with Crippen LogP contribution in [-0.2, 0) is 10.0 Å². The number of benzene rings is 2. The highest BCUT2D eigenvalue weighted by Gasteiger charge is 2.34. The van der Waals surface area contributed by atoms with Gasteiger partial charge >= 0.3 is 0 Å². The van der Waals surface area contributed by atoms with E-state index in [1.165, 1.54) is 28.6 Å². The number of hydrogen-bond donors (Lipinski definition) is 0. The summed E-state index contributed by atoms with van der Waals surface area (Å²) in [6.45, 7) is 0.208. The number of nitro groups is 1. The van der Waals surface area contributed by atoms with Crippen molar-refractivity contribution in [2.24, 2.45) is 0 Å². The number of piperidine rings is 1. The zero-order valence-electron chi connectivity index (χ0n) is 15.3. The lowest BCUT2D eigenvalue weighted by atomic mass is 10.1. The summed E-state index contributed by atoms with van der Waals surface area (Å²) in [6.07, 6.45) is 0.287. The molecule has 12 heteroatoms. The Morgan fingerprint density at radius 1 is 1.20 bits per heavy atom. The smallest absolute Gasteiger partial charge is 0.289 e. The molecular formula is C18H15F2N3O5S2. The molecule has 1 fully saturated rings. The van der Waals surface area contributed by atoms with E-state index in [4.69, 9.17) is 4.74 Å². The molecule has 0 aliphatic carbocycles. The Bertz CT molecular complexity index is 1220. The van der Waals surface area contributed by atoms with Gasteiger partial charge in [0.05, 0.1) is 9.62 Å². The van der Waals surface area contributed by atoms with Crippen LogP contribution < -0.4 is 4.74 Å². The van der Waals surface area contributed by atoms with Crippen molar-refractivity contribution in [2.75, 3.05) is 13.1 Å². The summed E-state index contributed by atoms with van der Waals surface area (Å²) in [5.41, 5.74) is -0.451. The lowest BCUT2D eigenvalue weighted by molar-refractivity contribution is -0.387. The van der Waals surface area contributed by atoms with Crippen LogP contribution in [0.25, 0.3) is 10.2 Å². The van der Waals surface area contributed by atoms with Crippen LogP contribution >= 0.6 is 11.3 Å². The standard InChI is InChI=1S/C18H15F2N3O5S2/c19-11-9-13(20)17-15(10-11)29-18(21-17)28-12-5-7-22(8-6-12)30(26,27)16-4-2-1-3-14(16)23(24)25/h1-4,9-10,12H,5-8H2. The molecule has 158 valence electrons. The number of halogens is 2. The first-order valence-electron chi connectivity index (χ1n) is 8.91. The molecule has 4 rings (SSSR count). The summed E-state index contributed by atoms with van der Waals surface area (Å²) in [5, 5.41) is 11.3. The molecule has 1 aromatic heterocycles. The van der Waals surface area contributed by atoms with Gasteiger partial charge in [0.25, 0.3) is 10.9 Å². The van der Waals surface area contributed by atoms with E-state index in [1.54, 1.807) is 0 Å². The maximum Gasteiger partial charge on any atom is 0.289 e. The van der Waals surface area contributed by atoms with Gasteiger partial charge in [-0.2, -0.15) is 9.29 Å². The van der Waals surface area contributed by atoms with Gasteiger partial charge in [0, 0.05) is 25.2 Å². The Hall–Kier alpha value is -2.70. The van der Waals surface area contributed by atoms with Gasteiger partial charge in [-0.15, -0.1) is 0 Å². The van der Waals surface area contributed by atoms with Crippen molar-refractivity contribution in [1.29, 1.82) is 0 Å². The normalized spacial score (nSPS) is 16.1. The van der Waals surface area contributed by atoms with Crippen LogP contribution in [0.2, 0.25) is 0 Å². The number of para-hydroxylation sites is 1. The number of nitro benzene ring substituents is 1. The Morgan fingerprint density at radius 3 is 2.60 bits per heavy atom. The number of nitrogens with zero attached hydrogens (tertiary/aromatic N) is 3. The van der Waals surface area contributed by atoms with Crippen molar-refractivity contribution in [1.82, 2.24) is 9.29 Å². The Labute approximate surface area is 173 Å². The van der Waals surface area contributed by atoms with E-state index in [-0.39, 0.29) is 34.8 Å². The maximum atomic E-state index is 13.8. The average molecular weight is 455 g/mol. The first-order chi connectivity index (χ1) is 14.3. The van der Waals surface area contributed by atoms with Crippen molar-refractivity contribution in [3.8, 4) is 5.19 Å². The maximum absolute atomic E-state index is 13.8. The SMILES string of the molecule is O=[N+]([O-])c1ccccc1S(=O)(=O)N1CCC(Oc2nc3c(F)cc(F)cc3s2)CC1. The third-order valence-electron chi connectivity index (χ3n) is 4.74. The van der Waals surface area contributed by atoms with Crippen molar-refractivity contribution < 1.29 is 26.9 Å². The van der Waals surface area contributed by atoms with Crippen LogP contribution in [0.4, 0.5) is 14.5 Å². The van der Waals surface area contributed by atoms with E-state index in [0.29, 0.717) is 17.5 Å². The first kappa shape index (κ1) is 20.6. The predicted octanol–water partition coefficient (Wildman–Crippen LogP) is 3.71. The highest BCUT2D eigenvalue weighted by atomic mass is 32.2. The molecule has 0 saturated carbocycles. The minimum absolute atomic E-state index is 0.0211. The van der Waals surface area contributed by atoms with E-state index in [9.17, 15) is 27.3 Å². The molecule has 0 radical (unpaired) electrons. The number of ether oxygens (including phenoxy) is 1. The lowest BCUT2D eigenvalue weighted by Crippen LogP contribution is -2.41. The van der Waals surface area contributed by atoms with Gasteiger partial charge < -0.3 is 4.74 Å². The molecule has 1 saturated heterocycles. The number of thiazole rings is 1. The van der Waals surface area contributed by atoms with Crippen LogP contribution in [-0.4, -0.2) is 41.8 Å². The van der Waals surface area contributed by atoms with Gasteiger partial charge in [-0.3, -0.25) is 10.1 Å². The third-order valence-corrected chi connectivity index (χ3v) is 7.58. The summed E-state index contributed by atoms with van der Waals surface area (Å²) in [7, 11) is -4.03. The van der Waals surface area contributed by atoms with Crippen molar-refractivity contribution in [3.63, 3.8) is 0 Å². The average Bonchev–Trinajstić information content (AvgIpc) is 3.11. The summed E-state index contributed by atoms with van der Waals surface area (Å²) in [5.74, 6) is -1.48. The highest BCUT2D eigenvalue weighted by Crippen LogP contribution is 2.33. The Kier molecular flexibility index (Phi) is 5.38. The van der Waals surface area contributed by atoms with Crippen LogP contribution in [0, 0.1) is 21.7 Å². The number of hydrogen-bond acceptors (Lipinski definition) is 7. The molecule has 0 unspecified atom stereocenters. The quantitative estimate of drug-likeness (QED) is 0.429. The lowest BCUT2D eigenvalue weighted by Gasteiger charge is -2.30. The number of fused-ring (bicyclic) bond motifs is 1. The summed E-state index contributed by atoms with van der Waals surface area (Å²) in [4.78, 5) is 14.1. The van der Waals surface area contributed by atoms with Crippen molar-refractivity contribution in [2.45, 2.75) is 23.8 Å². The van der Waals surface area contributed by atoms with Gasteiger partial charge in [-0.05, 0) is 25.0 Å². The molecular weight excluding hydrogens is 440 g/mol. The van der Waals surface area contributed by atoms with Gasteiger partial charge in [-0.1, -0.05) is 23.5 Å². The number of aromatic nitrogens is 1. The largest absolute Gasteiger partial charge is 0.467 e. The second kappa shape index (κ2) is 7.85. The molecule has 0 bridgehead atoms. The monoisotopic (exact) mass is 455 g/mol. The first-order valence-corrected chi connectivity index (χ1v) is 11.2. The Balaban J connectivity index is 1.47. The van der Waals surface area contributed by atoms with Crippen molar-refractivity contribution >= 4 is 37.3 Å². The molecule has 2 aromatic carbocycles. The molecule has 0 spiro atoms. The zero-order chi connectivity index (χ0) is 21.5. The van der Waals surface area contributed by atoms with Gasteiger partial charge in [0.15, 0.2) is 10.7 Å². The highest BCUT2D eigenvalue weighted by molar-refractivity contribution is 7.89. The van der Waals surface area contributed by atoms with Crippen LogP contribution in [0.1, 0.15) is 12.8 Å². The van der Waals surface area contributed by atoms with Gasteiger partial charge in [0.2, 0.25) is 10.0 Å². The molecule has 1 aliphatic heterocycles. The molecule has 8 nitrogen and oxygen atoms in total. The third kappa shape index (κ3) is 3.85. The topological polar surface area (TPSA) is 103 Å². The van der Waals surface area contributed by atoms with E-state index < -0.39 is 32.3 Å². The fraction of sp³-hybridized carbons (Fsp3) is 0.278. The van der Waals surface area contributed by atoms with Crippen LogP contribution in [0.15, 0.2) is 41.3 Å². The van der Waals surface area contributed by atoms with Crippen LogP contribution in [0.3, 0.4) is 0 Å². The van der Waals surface area contributed by atoms with Crippen LogP contribution in [0.5, 0.6) is 5.19 Å². The predicted molar refractivity (Wildman–Crippen MR) is 105 cm³/mol. The van der Waals surface area contributed by atoms with Gasteiger partial charge in [-0.25, -0.2) is 17.2 Å². The molecule has 0 N–H and O–H groups in total. The summed E-state index contributed by atoms with van der Waals surface area (Å²) in [6, 6.07) is 7.13. The van der Waals surface area contributed by atoms with E-state index in [1.807, 2.05) is 0 Å². The molecule has 30 heavy (non-hydrogen) atoms. The fourth-order valence-corrected chi connectivity index (χ4v) is 5.83.